The van der Waals surface area contributed by atoms with Gasteiger partial charge in [0.05, 0.1) is 12.5 Å². The molecule has 26 heavy (non-hydrogen) atoms. The zero-order chi connectivity index (χ0) is 19.1. The Kier molecular flexibility index (Phi) is 7.14. The van der Waals surface area contributed by atoms with Gasteiger partial charge >= 0.3 is 0 Å². The van der Waals surface area contributed by atoms with Crippen LogP contribution in [0, 0.1) is 5.92 Å². The number of nitrogens with two attached hydrogens (primary N) is 1. The first-order valence-electron chi connectivity index (χ1n) is 8.99. The third kappa shape index (κ3) is 6.14. The number of anilines is 1. The number of nitrogen functional groups attached to an aromatic ring is 1. The first-order chi connectivity index (χ1) is 12.3. The standard InChI is InChI=1S/C17H28N6O3/c1-11(2)4-7-23-8-6-20-17(26)12(23)9-15(24)19-5-3-14-21-13(18)10-16(25)22-14/h10-12H,3-9H2,1-2H3,(H,19,24)(H,20,26)(H3,18,21,22,25)/t12-/m1/s1. The van der Waals surface area contributed by atoms with Crippen molar-refractivity contribution < 1.29 is 9.59 Å². The number of aromatic nitrogens is 2. The third-order valence-electron chi connectivity index (χ3n) is 4.31. The van der Waals surface area contributed by atoms with Gasteiger partial charge in [0.2, 0.25) is 11.8 Å². The van der Waals surface area contributed by atoms with E-state index in [9.17, 15) is 14.4 Å². The van der Waals surface area contributed by atoms with Crippen LogP contribution in [-0.4, -0.2) is 58.9 Å². The predicted octanol–water partition coefficient (Wildman–Crippen LogP) is -0.753. The number of piperazine rings is 1. The summed E-state index contributed by atoms with van der Waals surface area (Å²) in [5.41, 5.74) is 5.21. The summed E-state index contributed by atoms with van der Waals surface area (Å²) in [7, 11) is 0. The van der Waals surface area contributed by atoms with E-state index in [-0.39, 0.29) is 29.6 Å². The van der Waals surface area contributed by atoms with Crippen LogP contribution >= 0.6 is 0 Å². The molecular weight excluding hydrogens is 336 g/mol. The van der Waals surface area contributed by atoms with Crippen molar-refractivity contribution in [2.45, 2.75) is 39.2 Å². The largest absolute Gasteiger partial charge is 0.383 e. The van der Waals surface area contributed by atoms with Gasteiger partial charge in [0.15, 0.2) is 0 Å². The maximum absolute atomic E-state index is 12.2. The van der Waals surface area contributed by atoms with Crippen LogP contribution in [-0.2, 0) is 16.0 Å². The van der Waals surface area contributed by atoms with Gasteiger partial charge in [-0.05, 0) is 18.9 Å². The molecule has 1 aliphatic heterocycles. The van der Waals surface area contributed by atoms with Crippen molar-refractivity contribution in [1.82, 2.24) is 25.5 Å². The van der Waals surface area contributed by atoms with E-state index in [0.29, 0.717) is 31.3 Å². The lowest BCUT2D eigenvalue weighted by Crippen LogP contribution is -2.56. The van der Waals surface area contributed by atoms with E-state index in [0.717, 1.165) is 19.5 Å². The summed E-state index contributed by atoms with van der Waals surface area (Å²) in [5.74, 6) is 0.811. The van der Waals surface area contributed by atoms with Crippen molar-refractivity contribution in [2.75, 3.05) is 31.9 Å². The summed E-state index contributed by atoms with van der Waals surface area (Å²) in [6, 6.07) is 0.767. The van der Waals surface area contributed by atoms with E-state index in [1.54, 1.807) is 0 Å². The molecule has 1 aromatic rings. The molecule has 2 rings (SSSR count). The molecule has 0 aromatic carbocycles. The lowest BCUT2D eigenvalue weighted by molar-refractivity contribution is -0.134. The van der Waals surface area contributed by atoms with Crippen LogP contribution in [0.4, 0.5) is 5.82 Å². The summed E-state index contributed by atoms with van der Waals surface area (Å²) in [4.78, 5) is 44.4. The lowest BCUT2D eigenvalue weighted by atomic mass is 10.1. The number of hydrogen-bond donors (Lipinski definition) is 4. The number of carbonyl (C=O) groups is 2. The second-order valence-electron chi connectivity index (χ2n) is 6.95. The molecule has 1 fully saturated rings. The number of nitrogens with one attached hydrogen (secondary N) is 3. The highest BCUT2D eigenvalue weighted by atomic mass is 16.2. The van der Waals surface area contributed by atoms with Crippen LogP contribution in [0.25, 0.3) is 0 Å². The number of carbonyl (C=O) groups excluding carboxylic acids is 2. The Morgan fingerprint density at radius 3 is 2.92 bits per heavy atom. The maximum atomic E-state index is 12.2. The van der Waals surface area contributed by atoms with Gasteiger partial charge in [-0.15, -0.1) is 0 Å². The highest BCUT2D eigenvalue weighted by Gasteiger charge is 2.31. The first-order valence-corrected chi connectivity index (χ1v) is 8.99. The average Bonchev–Trinajstić information content (AvgIpc) is 2.54. The molecule has 1 aliphatic rings. The Labute approximate surface area is 152 Å². The number of nitrogens with zero attached hydrogens (tertiary/aromatic N) is 2. The molecule has 0 spiro atoms. The second-order valence-corrected chi connectivity index (χ2v) is 6.95. The van der Waals surface area contributed by atoms with Gasteiger partial charge in [0.1, 0.15) is 11.6 Å². The van der Waals surface area contributed by atoms with E-state index < -0.39 is 6.04 Å². The zero-order valence-corrected chi connectivity index (χ0v) is 15.4. The summed E-state index contributed by atoms with van der Waals surface area (Å²) in [6.45, 7) is 6.76. The zero-order valence-electron chi connectivity index (χ0n) is 15.4. The van der Waals surface area contributed by atoms with Crippen LogP contribution < -0.4 is 21.9 Å². The van der Waals surface area contributed by atoms with Gasteiger partial charge in [-0.2, -0.15) is 0 Å². The molecule has 2 amide bonds. The van der Waals surface area contributed by atoms with Gasteiger partial charge in [-0.1, -0.05) is 13.8 Å². The molecule has 1 saturated heterocycles. The highest BCUT2D eigenvalue weighted by molar-refractivity contribution is 5.88. The smallest absolute Gasteiger partial charge is 0.252 e. The SMILES string of the molecule is CC(C)CCN1CCNC(=O)[C@H]1CC(=O)NCCc1nc(N)cc(=O)[nH]1. The quantitative estimate of drug-likeness (QED) is 0.479. The Balaban J connectivity index is 1.84. The van der Waals surface area contributed by atoms with Crippen molar-refractivity contribution in [1.29, 1.82) is 0 Å². The maximum Gasteiger partial charge on any atom is 0.252 e. The fourth-order valence-electron chi connectivity index (χ4n) is 2.89. The predicted molar refractivity (Wildman–Crippen MR) is 98.4 cm³/mol. The van der Waals surface area contributed by atoms with Crippen LogP contribution in [0.5, 0.6) is 0 Å². The van der Waals surface area contributed by atoms with E-state index in [2.05, 4.69) is 39.3 Å². The highest BCUT2D eigenvalue weighted by Crippen LogP contribution is 2.12. The minimum atomic E-state index is -0.437. The van der Waals surface area contributed by atoms with E-state index in [4.69, 9.17) is 5.73 Å². The van der Waals surface area contributed by atoms with Crippen LogP contribution in [0.3, 0.4) is 0 Å². The van der Waals surface area contributed by atoms with E-state index in [1.165, 1.54) is 6.07 Å². The molecule has 0 radical (unpaired) electrons. The normalized spacial score (nSPS) is 18.0. The van der Waals surface area contributed by atoms with Crippen LogP contribution in [0.15, 0.2) is 10.9 Å². The Morgan fingerprint density at radius 1 is 1.46 bits per heavy atom. The number of H-pyrrole nitrogens is 1. The molecule has 9 heteroatoms. The van der Waals surface area contributed by atoms with Gasteiger partial charge in [0.25, 0.3) is 5.56 Å². The van der Waals surface area contributed by atoms with Crippen LogP contribution in [0.1, 0.15) is 32.5 Å². The van der Waals surface area contributed by atoms with Crippen molar-refractivity contribution in [3.05, 3.63) is 22.2 Å². The van der Waals surface area contributed by atoms with Gasteiger partial charge in [-0.3, -0.25) is 19.3 Å². The molecule has 0 saturated carbocycles. The topological polar surface area (TPSA) is 133 Å². The fraction of sp³-hybridized carbons (Fsp3) is 0.647. The number of rotatable bonds is 8. The molecule has 144 valence electrons. The lowest BCUT2D eigenvalue weighted by Gasteiger charge is -2.35. The number of aromatic amines is 1. The molecule has 0 unspecified atom stereocenters. The minimum absolute atomic E-state index is 0.100. The van der Waals surface area contributed by atoms with Gasteiger partial charge in [0, 0.05) is 32.1 Å². The summed E-state index contributed by atoms with van der Waals surface area (Å²) in [5, 5.41) is 5.60. The summed E-state index contributed by atoms with van der Waals surface area (Å²) < 4.78 is 0. The fourth-order valence-corrected chi connectivity index (χ4v) is 2.89. The van der Waals surface area contributed by atoms with Crippen LogP contribution in [0.2, 0.25) is 0 Å². The first kappa shape index (κ1) is 19.9. The number of hydrogen-bond acceptors (Lipinski definition) is 6. The monoisotopic (exact) mass is 364 g/mol. The van der Waals surface area contributed by atoms with Crippen molar-refractivity contribution in [2.24, 2.45) is 5.92 Å². The van der Waals surface area contributed by atoms with E-state index >= 15 is 0 Å². The average molecular weight is 364 g/mol. The Hall–Kier alpha value is -2.42. The molecule has 1 atom stereocenters. The molecule has 1 aromatic heterocycles. The molecule has 2 heterocycles. The minimum Gasteiger partial charge on any atom is -0.383 e. The van der Waals surface area contributed by atoms with Crippen molar-refractivity contribution >= 4 is 17.6 Å². The molecule has 0 aliphatic carbocycles. The number of amides is 2. The molecular formula is C17H28N6O3. The van der Waals surface area contributed by atoms with E-state index in [1.807, 2.05) is 0 Å². The van der Waals surface area contributed by atoms with Crippen molar-refractivity contribution in [3.63, 3.8) is 0 Å². The van der Waals surface area contributed by atoms with Gasteiger partial charge < -0.3 is 21.4 Å². The summed E-state index contributed by atoms with van der Waals surface area (Å²) in [6.07, 6.45) is 1.46. The Morgan fingerprint density at radius 2 is 2.23 bits per heavy atom. The summed E-state index contributed by atoms with van der Waals surface area (Å²) >= 11 is 0. The molecule has 0 bridgehead atoms. The van der Waals surface area contributed by atoms with Gasteiger partial charge in [-0.25, -0.2) is 4.98 Å². The molecule has 9 nitrogen and oxygen atoms in total. The Bertz CT molecular complexity index is 687. The van der Waals surface area contributed by atoms with Crippen molar-refractivity contribution in [3.8, 4) is 0 Å². The molecule has 5 N–H and O–H groups in total. The third-order valence-corrected chi connectivity index (χ3v) is 4.31. The second kappa shape index (κ2) is 9.33.